The van der Waals surface area contributed by atoms with Crippen molar-refractivity contribution < 1.29 is 0 Å². The summed E-state index contributed by atoms with van der Waals surface area (Å²) in [5.74, 6) is 0.745. The van der Waals surface area contributed by atoms with Crippen molar-refractivity contribution in [2.45, 2.75) is 6.54 Å². The van der Waals surface area contributed by atoms with E-state index >= 15 is 0 Å². The van der Waals surface area contributed by atoms with E-state index in [-0.39, 0.29) is 0 Å². The molecule has 0 aliphatic heterocycles. The van der Waals surface area contributed by atoms with Gasteiger partial charge in [0.25, 0.3) is 0 Å². The maximum Gasteiger partial charge on any atom is 0.159 e. The summed E-state index contributed by atoms with van der Waals surface area (Å²) in [7, 11) is 0. The molecule has 5 rings (SSSR count). The Bertz CT molecular complexity index is 1240. The number of benzene rings is 2. The molecule has 2 aromatic carbocycles. The summed E-state index contributed by atoms with van der Waals surface area (Å²) < 4.78 is 0.990. The fourth-order valence-electron chi connectivity index (χ4n) is 3.14. The largest absolute Gasteiger partial charge is 0.381 e. The van der Waals surface area contributed by atoms with Crippen molar-refractivity contribution in [1.29, 1.82) is 0 Å². The zero-order chi connectivity index (χ0) is 18.2. The molecule has 5 aromatic rings. The lowest BCUT2D eigenvalue weighted by Gasteiger charge is -2.05. The Balaban J connectivity index is 1.48. The van der Waals surface area contributed by atoms with Gasteiger partial charge in [0.2, 0.25) is 0 Å². The van der Waals surface area contributed by atoms with Crippen LogP contribution in [-0.4, -0.2) is 25.1 Å². The number of pyridine rings is 1. The molecule has 0 amide bonds. The summed E-state index contributed by atoms with van der Waals surface area (Å²) in [4.78, 5) is 12.1. The molecule has 0 radical (unpaired) electrons. The Labute approximate surface area is 163 Å². The van der Waals surface area contributed by atoms with Crippen LogP contribution in [0.15, 0.2) is 65.4 Å². The van der Waals surface area contributed by atoms with Gasteiger partial charge < -0.3 is 10.3 Å². The van der Waals surface area contributed by atoms with Crippen molar-refractivity contribution in [2.24, 2.45) is 0 Å². The number of imidazole rings is 1. The number of nitrogens with zero attached hydrogens (tertiary/aromatic N) is 3. The van der Waals surface area contributed by atoms with Crippen LogP contribution in [0.1, 0.15) is 5.56 Å². The molecule has 0 bridgehead atoms. The first kappa shape index (κ1) is 16.0. The van der Waals surface area contributed by atoms with Crippen LogP contribution < -0.4 is 5.32 Å². The summed E-state index contributed by atoms with van der Waals surface area (Å²) in [6.07, 6.45) is 3.60. The first-order chi connectivity index (χ1) is 13.3. The maximum absolute atomic E-state index is 4.71. The van der Waals surface area contributed by atoms with Gasteiger partial charge in [-0.25, -0.2) is 4.98 Å². The minimum absolute atomic E-state index is 0.742. The molecule has 0 unspecified atom stereocenters. The predicted octanol–water partition coefficient (Wildman–Crippen LogP) is 4.88. The number of nitrogens with one attached hydrogen (secondary N) is 3. The maximum atomic E-state index is 4.71. The highest BCUT2D eigenvalue weighted by Crippen LogP contribution is 2.32. The van der Waals surface area contributed by atoms with Gasteiger partial charge in [0.1, 0.15) is 5.69 Å². The lowest BCUT2D eigenvalue weighted by Crippen LogP contribution is -1.98. The number of hydrogen-bond donors (Lipinski definition) is 3. The molecule has 3 heterocycles. The fraction of sp³-hybridized carbons (Fsp3) is 0.0500. The molecule has 3 N–H and O–H groups in total. The molecule has 132 valence electrons. The summed E-state index contributed by atoms with van der Waals surface area (Å²) in [6, 6.07) is 16.1. The van der Waals surface area contributed by atoms with Gasteiger partial charge in [0, 0.05) is 34.5 Å². The topological polar surface area (TPSA) is 82.3 Å². The molecule has 3 aromatic heterocycles. The molecule has 0 aliphatic carbocycles. The van der Waals surface area contributed by atoms with Gasteiger partial charge in [-0.3, -0.25) is 10.1 Å². The molecule has 0 atom stereocenters. The monoisotopic (exact) mass is 418 g/mol. The highest BCUT2D eigenvalue weighted by Gasteiger charge is 2.14. The van der Waals surface area contributed by atoms with Crippen LogP contribution >= 0.6 is 15.9 Å². The summed E-state index contributed by atoms with van der Waals surface area (Å²) in [5.41, 5.74) is 5.86. The second-order valence-corrected chi connectivity index (χ2v) is 7.12. The molecule has 0 aliphatic rings. The van der Waals surface area contributed by atoms with E-state index in [9.17, 15) is 0 Å². The van der Waals surface area contributed by atoms with Crippen molar-refractivity contribution in [3.05, 3.63) is 71.0 Å². The van der Waals surface area contributed by atoms with Crippen LogP contribution in [0.5, 0.6) is 0 Å². The van der Waals surface area contributed by atoms with Crippen molar-refractivity contribution >= 4 is 43.6 Å². The summed E-state index contributed by atoms with van der Waals surface area (Å²) in [5, 5.41) is 12.0. The number of aromatic nitrogens is 5. The lowest BCUT2D eigenvalue weighted by atomic mass is 10.2. The zero-order valence-corrected chi connectivity index (χ0v) is 15.8. The molecule has 0 fully saturated rings. The minimum Gasteiger partial charge on any atom is -0.381 e. The van der Waals surface area contributed by atoms with Gasteiger partial charge in [-0.05, 0) is 48.0 Å². The van der Waals surface area contributed by atoms with Crippen molar-refractivity contribution in [2.75, 3.05) is 5.32 Å². The average Bonchev–Trinajstić information content (AvgIpc) is 3.31. The summed E-state index contributed by atoms with van der Waals surface area (Å²) >= 11 is 3.61. The van der Waals surface area contributed by atoms with E-state index < -0.39 is 0 Å². The van der Waals surface area contributed by atoms with Crippen LogP contribution in [0.2, 0.25) is 0 Å². The van der Waals surface area contributed by atoms with Crippen LogP contribution in [0.25, 0.3) is 33.5 Å². The van der Waals surface area contributed by atoms with E-state index in [0.717, 1.165) is 50.2 Å². The molecule has 0 saturated carbocycles. The SMILES string of the molecule is Brc1cccc2[nH]nc(-c3nc4ccc(NCc5ccncc5)cc4[nH]3)c12. The second-order valence-electron chi connectivity index (χ2n) is 6.26. The van der Waals surface area contributed by atoms with E-state index in [2.05, 4.69) is 47.5 Å². The Morgan fingerprint density at radius 3 is 2.78 bits per heavy atom. The third-order valence-electron chi connectivity index (χ3n) is 4.49. The number of halogens is 1. The normalized spacial score (nSPS) is 11.3. The first-order valence-corrected chi connectivity index (χ1v) is 9.33. The number of aromatic amines is 2. The second kappa shape index (κ2) is 6.51. The summed E-state index contributed by atoms with van der Waals surface area (Å²) in [6.45, 7) is 0.742. The molecular formula is C20H15BrN6. The Hall–Kier alpha value is -3.19. The Kier molecular flexibility index (Phi) is 3.86. The van der Waals surface area contributed by atoms with E-state index in [1.807, 2.05) is 42.5 Å². The Morgan fingerprint density at radius 2 is 1.89 bits per heavy atom. The number of fused-ring (bicyclic) bond motifs is 2. The van der Waals surface area contributed by atoms with Crippen LogP contribution in [-0.2, 0) is 6.54 Å². The highest BCUT2D eigenvalue weighted by atomic mass is 79.9. The van der Waals surface area contributed by atoms with E-state index in [4.69, 9.17) is 4.98 Å². The number of H-pyrrole nitrogens is 2. The van der Waals surface area contributed by atoms with Crippen molar-refractivity contribution in [1.82, 2.24) is 25.1 Å². The minimum atomic E-state index is 0.742. The predicted molar refractivity (Wildman–Crippen MR) is 110 cm³/mol. The zero-order valence-electron chi connectivity index (χ0n) is 14.2. The quantitative estimate of drug-likeness (QED) is 0.388. The van der Waals surface area contributed by atoms with Gasteiger partial charge >= 0.3 is 0 Å². The molecule has 0 spiro atoms. The smallest absolute Gasteiger partial charge is 0.159 e. The standard InChI is InChI=1S/C20H15BrN6/c21-14-2-1-3-16-18(14)19(27-26-16)20-24-15-5-4-13(10-17(15)25-20)23-11-12-6-8-22-9-7-12/h1-10,23H,11H2,(H,24,25)(H,26,27). The molecule has 7 heteroatoms. The van der Waals surface area contributed by atoms with Crippen molar-refractivity contribution in [3.8, 4) is 11.5 Å². The molecule has 27 heavy (non-hydrogen) atoms. The van der Waals surface area contributed by atoms with Gasteiger partial charge in [-0.1, -0.05) is 22.0 Å². The van der Waals surface area contributed by atoms with Crippen molar-refractivity contribution in [3.63, 3.8) is 0 Å². The first-order valence-electron chi connectivity index (χ1n) is 8.53. The molecule has 0 saturated heterocycles. The van der Waals surface area contributed by atoms with Crippen LogP contribution in [0.4, 0.5) is 5.69 Å². The van der Waals surface area contributed by atoms with Crippen LogP contribution in [0.3, 0.4) is 0 Å². The van der Waals surface area contributed by atoms with Gasteiger partial charge in [-0.15, -0.1) is 0 Å². The highest BCUT2D eigenvalue weighted by molar-refractivity contribution is 9.10. The molecular weight excluding hydrogens is 404 g/mol. The fourth-order valence-corrected chi connectivity index (χ4v) is 3.69. The lowest BCUT2D eigenvalue weighted by molar-refractivity contribution is 1.11. The van der Waals surface area contributed by atoms with E-state index in [0.29, 0.717) is 0 Å². The number of hydrogen-bond acceptors (Lipinski definition) is 4. The van der Waals surface area contributed by atoms with E-state index in [1.54, 1.807) is 12.4 Å². The third kappa shape index (κ3) is 2.96. The Morgan fingerprint density at radius 1 is 1.00 bits per heavy atom. The van der Waals surface area contributed by atoms with Gasteiger partial charge in [0.15, 0.2) is 5.82 Å². The number of rotatable bonds is 4. The van der Waals surface area contributed by atoms with E-state index in [1.165, 1.54) is 5.56 Å². The average molecular weight is 419 g/mol. The van der Waals surface area contributed by atoms with Crippen LogP contribution in [0, 0.1) is 0 Å². The van der Waals surface area contributed by atoms with Gasteiger partial charge in [-0.2, -0.15) is 5.10 Å². The van der Waals surface area contributed by atoms with Gasteiger partial charge in [0.05, 0.1) is 16.6 Å². The molecule has 6 nitrogen and oxygen atoms in total. The number of anilines is 1. The third-order valence-corrected chi connectivity index (χ3v) is 5.15.